The molecule has 92 valence electrons. The highest BCUT2D eigenvalue weighted by Gasteiger charge is 2.13. The molecule has 4 heteroatoms. The molecular weight excluding hydrogens is 200 g/mol. The summed E-state index contributed by atoms with van der Waals surface area (Å²) in [5.74, 6) is 0. The Morgan fingerprint density at radius 2 is 2.19 bits per heavy atom. The zero-order chi connectivity index (χ0) is 12.1. The van der Waals surface area contributed by atoms with Crippen molar-refractivity contribution in [2.24, 2.45) is 0 Å². The molecule has 1 aromatic rings. The third-order valence-electron chi connectivity index (χ3n) is 3.20. The monoisotopic (exact) mass is 224 g/mol. The number of rotatable bonds is 6. The van der Waals surface area contributed by atoms with Crippen molar-refractivity contribution < 1.29 is 0 Å². The highest BCUT2D eigenvalue weighted by atomic mass is 15.1. The molecule has 2 unspecified atom stereocenters. The standard InChI is InChI=1S/C12H24N4/c1-6-11(16(4)5)7-13-9(2)12-8-14-15-10(12)3/h8-9,11,13H,6-7H2,1-5H3,(H,14,15). The van der Waals surface area contributed by atoms with Crippen LogP contribution in [-0.4, -0.2) is 41.8 Å². The lowest BCUT2D eigenvalue weighted by molar-refractivity contribution is 0.270. The van der Waals surface area contributed by atoms with Gasteiger partial charge >= 0.3 is 0 Å². The van der Waals surface area contributed by atoms with Crippen molar-refractivity contribution in [1.82, 2.24) is 20.4 Å². The fraction of sp³-hybridized carbons (Fsp3) is 0.750. The largest absolute Gasteiger partial charge is 0.309 e. The first-order chi connectivity index (χ1) is 7.56. The number of likely N-dealkylation sites (N-methyl/N-ethyl adjacent to an activating group) is 1. The van der Waals surface area contributed by atoms with Crippen molar-refractivity contribution in [3.8, 4) is 0 Å². The topological polar surface area (TPSA) is 44.0 Å². The first kappa shape index (κ1) is 13.2. The van der Waals surface area contributed by atoms with Crippen LogP contribution in [0.3, 0.4) is 0 Å². The summed E-state index contributed by atoms with van der Waals surface area (Å²) in [4.78, 5) is 2.27. The number of aromatic amines is 1. The second-order valence-electron chi connectivity index (χ2n) is 4.61. The molecule has 0 radical (unpaired) electrons. The highest BCUT2D eigenvalue weighted by molar-refractivity contribution is 5.18. The van der Waals surface area contributed by atoms with Crippen LogP contribution >= 0.6 is 0 Å². The maximum absolute atomic E-state index is 4.05. The van der Waals surface area contributed by atoms with Gasteiger partial charge in [0.15, 0.2) is 0 Å². The van der Waals surface area contributed by atoms with E-state index in [2.05, 4.69) is 55.3 Å². The Kier molecular flexibility index (Phi) is 4.96. The molecule has 0 amide bonds. The lowest BCUT2D eigenvalue weighted by atomic mass is 10.1. The maximum atomic E-state index is 4.05. The Balaban J connectivity index is 2.46. The maximum Gasteiger partial charge on any atom is 0.0537 e. The van der Waals surface area contributed by atoms with Gasteiger partial charge in [0.05, 0.1) is 6.20 Å². The van der Waals surface area contributed by atoms with Crippen molar-refractivity contribution in [2.45, 2.75) is 39.3 Å². The molecular formula is C12H24N4. The number of hydrogen-bond donors (Lipinski definition) is 2. The zero-order valence-corrected chi connectivity index (χ0v) is 11.0. The van der Waals surface area contributed by atoms with E-state index in [0.717, 1.165) is 18.7 Å². The second kappa shape index (κ2) is 6.01. The number of aryl methyl sites for hydroxylation is 1. The predicted octanol–water partition coefficient (Wildman–Crippen LogP) is 1.71. The van der Waals surface area contributed by atoms with Gasteiger partial charge in [-0.2, -0.15) is 5.10 Å². The molecule has 0 aliphatic heterocycles. The Morgan fingerprint density at radius 3 is 2.62 bits per heavy atom. The lowest BCUT2D eigenvalue weighted by Gasteiger charge is -2.25. The van der Waals surface area contributed by atoms with Crippen LogP contribution in [0.2, 0.25) is 0 Å². The van der Waals surface area contributed by atoms with Crippen LogP contribution in [0.4, 0.5) is 0 Å². The van der Waals surface area contributed by atoms with Crippen molar-refractivity contribution >= 4 is 0 Å². The van der Waals surface area contributed by atoms with Gasteiger partial charge in [0.25, 0.3) is 0 Å². The number of hydrogen-bond acceptors (Lipinski definition) is 3. The first-order valence-corrected chi connectivity index (χ1v) is 5.95. The van der Waals surface area contributed by atoms with Crippen molar-refractivity contribution in [2.75, 3.05) is 20.6 Å². The van der Waals surface area contributed by atoms with E-state index < -0.39 is 0 Å². The summed E-state index contributed by atoms with van der Waals surface area (Å²) in [6.45, 7) is 7.47. The molecule has 2 atom stereocenters. The third-order valence-corrected chi connectivity index (χ3v) is 3.20. The molecule has 1 aromatic heterocycles. The molecule has 0 aliphatic rings. The number of nitrogens with one attached hydrogen (secondary N) is 2. The quantitative estimate of drug-likeness (QED) is 0.773. The van der Waals surface area contributed by atoms with Gasteiger partial charge in [-0.15, -0.1) is 0 Å². The minimum atomic E-state index is 0.354. The van der Waals surface area contributed by atoms with Gasteiger partial charge in [0.1, 0.15) is 0 Å². The van der Waals surface area contributed by atoms with E-state index in [-0.39, 0.29) is 0 Å². The molecule has 0 spiro atoms. The first-order valence-electron chi connectivity index (χ1n) is 5.95. The van der Waals surface area contributed by atoms with Gasteiger partial charge in [-0.3, -0.25) is 5.10 Å². The van der Waals surface area contributed by atoms with Gasteiger partial charge in [-0.1, -0.05) is 6.92 Å². The van der Waals surface area contributed by atoms with Crippen molar-refractivity contribution in [3.05, 3.63) is 17.5 Å². The fourth-order valence-corrected chi connectivity index (χ4v) is 1.91. The molecule has 0 bridgehead atoms. The Bertz CT molecular complexity index is 306. The molecule has 2 N–H and O–H groups in total. The third kappa shape index (κ3) is 3.32. The summed E-state index contributed by atoms with van der Waals surface area (Å²) in [7, 11) is 4.26. The van der Waals surface area contributed by atoms with Crippen LogP contribution in [0.25, 0.3) is 0 Å². The second-order valence-corrected chi connectivity index (χ2v) is 4.61. The number of aromatic nitrogens is 2. The van der Waals surface area contributed by atoms with Crippen molar-refractivity contribution in [1.29, 1.82) is 0 Å². The SMILES string of the molecule is CCC(CNC(C)c1cn[nH]c1C)N(C)C. The summed E-state index contributed by atoms with van der Waals surface area (Å²) < 4.78 is 0. The number of H-pyrrole nitrogens is 1. The Labute approximate surface area is 98.4 Å². The summed E-state index contributed by atoms with van der Waals surface area (Å²) in [5.41, 5.74) is 2.41. The zero-order valence-electron chi connectivity index (χ0n) is 11.0. The predicted molar refractivity (Wildman–Crippen MR) is 67.5 cm³/mol. The van der Waals surface area contributed by atoms with Gasteiger partial charge < -0.3 is 10.2 Å². The van der Waals surface area contributed by atoms with Gasteiger partial charge in [-0.05, 0) is 34.4 Å². The normalized spacial score (nSPS) is 15.4. The molecule has 1 heterocycles. The van der Waals surface area contributed by atoms with E-state index in [0.29, 0.717) is 12.1 Å². The van der Waals surface area contributed by atoms with E-state index in [9.17, 15) is 0 Å². The molecule has 0 saturated carbocycles. The van der Waals surface area contributed by atoms with Crippen LogP contribution in [0.5, 0.6) is 0 Å². The number of nitrogens with zero attached hydrogens (tertiary/aromatic N) is 2. The molecule has 4 nitrogen and oxygen atoms in total. The average molecular weight is 224 g/mol. The van der Waals surface area contributed by atoms with Crippen LogP contribution in [0.1, 0.15) is 37.6 Å². The lowest BCUT2D eigenvalue weighted by Crippen LogP contribution is -2.38. The molecule has 16 heavy (non-hydrogen) atoms. The van der Waals surface area contributed by atoms with Crippen LogP contribution in [0.15, 0.2) is 6.20 Å². The molecule has 0 aliphatic carbocycles. The fourth-order valence-electron chi connectivity index (χ4n) is 1.91. The smallest absolute Gasteiger partial charge is 0.0537 e. The Morgan fingerprint density at radius 1 is 1.50 bits per heavy atom. The van der Waals surface area contributed by atoms with E-state index in [1.54, 1.807) is 0 Å². The highest BCUT2D eigenvalue weighted by Crippen LogP contribution is 2.14. The summed E-state index contributed by atoms with van der Waals surface area (Å²) in [6.07, 6.45) is 3.07. The summed E-state index contributed by atoms with van der Waals surface area (Å²) >= 11 is 0. The molecule has 1 rings (SSSR count). The van der Waals surface area contributed by atoms with Crippen LogP contribution in [-0.2, 0) is 0 Å². The van der Waals surface area contributed by atoms with Gasteiger partial charge in [-0.25, -0.2) is 0 Å². The van der Waals surface area contributed by atoms with Crippen molar-refractivity contribution in [3.63, 3.8) is 0 Å². The molecule has 0 saturated heterocycles. The minimum Gasteiger partial charge on any atom is -0.309 e. The summed E-state index contributed by atoms with van der Waals surface area (Å²) in [5, 5.41) is 10.6. The van der Waals surface area contributed by atoms with Gasteiger partial charge in [0.2, 0.25) is 0 Å². The van der Waals surface area contributed by atoms with Gasteiger partial charge in [0, 0.05) is 29.9 Å². The minimum absolute atomic E-state index is 0.354. The molecule has 0 aromatic carbocycles. The molecule has 0 fully saturated rings. The van der Waals surface area contributed by atoms with E-state index in [4.69, 9.17) is 0 Å². The van der Waals surface area contributed by atoms with E-state index >= 15 is 0 Å². The van der Waals surface area contributed by atoms with Crippen LogP contribution in [0, 0.1) is 6.92 Å². The average Bonchev–Trinajstić information content (AvgIpc) is 2.64. The Hall–Kier alpha value is -0.870. The van der Waals surface area contributed by atoms with E-state index in [1.807, 2.05) is 6.20 Å². The van der Waals surface area contributed by atoms with E-state index in [1.165, 1.54) is 5.56 Å². The van der Waals surface area contributed by atoms with Crippen LogP contribution < -0.4 is 5.32 Å². The summed E-state index contributed by atoms with van der Waals surface area (Å²) in [6, 6.07) is 0.947.